The summed E-state index contributed by atoms with van der Waals surface area (Å²) in [6, 6.07) is 10.5. The Morgan fingerprint density at radius 1 is 1.03 bits per heavy atom. The van der Waals surface area contributed by atoms with Crippen molar-refractivity contribution < 1.29 is 17.9 Å². The minimum atomic E-state index is -3.55. The van der Waals surface area contributed by atoms with E-state index >= 15 is 0 Å². The highest BCUT2D eigenvalue weighted by molar-refractivity contribution is 7.89. The molecule has 1 saturated carbocycles. The Morgan fingerprint density at radius 2 is 1.81 bits per heavy atom. The molecule has 0 unspecified atom stereocenters. The first-order chi connectivity index (χ1) is 17.8. The van der Waals surface area contributed by atoms with E-state index in [1.54, 1.807) is 24.3 Å². The van der Waals surface area contributed by atoms with Crippen molar-refractivity contribution in [3.63, 3.8) is 0 Å². The largest absolute Gasteiger partial charge is 0.375 e. The Labute approximate surface area is 218 Å². The fourth-order valence-electron chi connectivity index (χ4n) is 5.58. The van der Waals surface area contributed by atoms with Crippen molar-refractivity contribution in [1.82, 2.24) is 9.29 Å². The lowest BCUT2D eigenvalue weighted by molar-refractivity contribution is 0.0529. The van der Waals surface area contributed by atoms with Crippen LogP contribution in [0.3, 0.4) is 0 Å². The van der Waals surface area contributed by atoms with Gasteiger partial charge in [-0.1, -0.05) is 6.07 Å². The number of piperidine rings is 1. The van der Waals surface area contributed by atoms with Crippen LogP contribution in [0.2, 0.25) is 0 Å². The molecule has 0 bridgehead atoms. The van der Waals surface area contributed by atoms with Gasteiger partial charge >= 0.3 is 0 Å². The third kappa shape index (κ3) is 4.94. The fourth-order valence-corrected chi connectivity index (χ4v) is 7.12. The number of amides is 1. The molecule has 1 aromatic carbocycles. The van der Waals surface area contributed by atoms with Crippen LogP contribution in [0.15, 0.2) is 41.3 Å². The summed E-state index contributed by atoms with van der Waals surface area (Å²) < 4.78 is 33.4. The first-order valence-electron chi connectivity index (χ1n) is 13.4. The predicted molar refractivity (Wildman–Crippen MR) is 143 cm³/mol. The first kappa shape index (κ1) is 24.6. The minimum absolute atomic E-state index is 0.127. The van der Waals surface area contributed by atoms with E-state index in [-0.39, 0.29) is 16.9 Å². The number of anilines is 3. The van der Waals surface area contributed by atoms with E-state index in [2.05, 4.69) is 20.1 Å². The molecule has 10 heteroatoms. The lowest BCUT2D eigenvalue weighted by Gasteiger charge is -2.35. The average molecular weight is 526 g/mol. The van der Waals surface area contributed by atoms with E-state index < -0.39 is 10.0 Å². The highest BCUT2D eigenvalue weighted by Crippen LogP contribution is 2.54. The van der Waals surface area contributed by atoms with Gasteiger partial charge in [0.05, 0.1) is 28.9 Å². The number of hydrogen-bond acceptors (Lipinski definition) is 7. The van der Waals surface area contributed by atoms with Gasteiger partial charge in [-0.15, -0.1) is 0 Å². The molecular formula is C27H35N5O4S. The van der Waals surface area contributed by atoms with Crippen LogP contribution in [0.25, 0.3) is 0 Å². The van der Waals surface area contributed by atoms with Gasteiger partial charge in [0.1, 0.15) is 11.6 Å². The maximum atomic E-state index is 13.5. The molecule has 0 radical (unpaired) electrons. The zero-order chi connectivity index (χ0) is 25.6. The standard InChI is InChI=1S/C27H35N5O4S/c1-20-19-31(16-17-36-20)25-5-2-4-24(28-25)29-26(33)22-7-6-21(37(34,35)32-12-3-13-32)18-23(22)30-14-10-27(8-9-27)11-15-30/h2,4-7,18,20H,3,8-17,19H2,1H3,(H,28,29,33)/t20-/m1/s1. The third-order valence-electron chi connectivity index (χ3n) is 8.33. The number of ether oxygens (including phenoxy) is 1. The van der Waals surface area contributed by atoms with Crippen LogP contribution >= 0.6 is 0 Å². The first-order valence-corrected chi connectivity index (χ1v) is 14.8. The zero-order valence-corrected chi connectivity index (χ0v) is 22.2. The van der Waals surface area contributed by atoms with Crippen LogP contribution in [0.5, 0.6) is 0 Å². The maximum absolute atomic E-state index is 13.5. The summed E-state index contributed by atoms with van der Waals surface area (Å²) in [5, 5.41) is 2.97. The number of morpholine rings is 1. The molecule has 4 fully saturated rings. The monoisotopic (exact) mass is 525 g/mol. The van der Waals surface area contributed by atoms with E-state index in [1.807, 2.05) is 19.1 Å². The van der Waals surface area contributed by atoms with E-state index in [1.165, 1.54) is 17.1 Å². The second-order valence-corrected chi connectivity index (χ2v) is 12.8. The topological polar surface area (TPSA) is 95.1 Å². The van der Waals surface area contributed by atoms with Crippen molar-refractivity contribution in [2.45, 2.75) is 50.0 Å². The molecule has 6 rings (SSSR count). The summed E-state index contributed by atoms with van der Waals surface area (Å²) in [6.07, 6.45) is 5.73. The number of nitrogens with zero attached hydrogens (tertiary/aromatic N) is 4. The molecule has 1 N–H and O–H groups in total. The van der Waals surface area contributed by atoms with Crippen LogP contribution in [0.4, 0.5) is 17.3 Å². The summed E-state index contributed by atoms with van der Waals surface area (Å²) >= 11 is 0. The molecule has 198 valence electrons. The Kier molecular flexibility index (Phi) is 6.37. The van der Waals surface area contributed by atoms with Gasteiger partial charge < -0.3 is 19.9 Å². The van der Waals surface area contributed by atoms with Crippen LogP contribution in [-0.2, 0) is 14.8 Å². The number of sulfonamides is 1. The summed E-state index contributed by atoms with van der Waals surface area (Å²) in [4.78, 5) is 22.8. The molecule has 4 heterocycles. The SMILES string of the molecule is C[C@@H]1CN(c2cccc(NC(=O)c3ccc(S(=O)(=O)N4CCC4)cc3N3CCC4(CC3)CC4)n2)CCO1. The van der Waals surface area contributed by atoms with E-state index in [0.29, 0.717) is 42.2 Å². The highest BCUT2D eigenvalue weighted by Gasteiger charge is 2.45. The van der Waals surface area contributed by atoms with Crippen LogP contribution in [0, 0.1) is 5.41 Å². The smallest absolute Gasteiger partial charge is 0.258 e. The maximum Gasteiger partial charge on any atom is 0.258 e. The fraction of sp³-hybridized carbons (Fsp3) is 0.556. The predicted octanol–water partition coefficient (Wildman–Crippen LogP) is 3.33. The van der Waals surface area contributed by atoms with Gasteiger partial charge in [0, 0.05) is 39.3 Å². The number of aromatic nitrogens is 1. The van der Waals surface area contributed by atoms with Crippen molar-refractivity contribution in [3.05, 3.63) is 42.0 Å². The van der Waals surface area contributed by atoms with Gasteiger partial charge in [-0.05, 0) is 74.8 Å². The molecule has 3 saturated heterocycles. The summed E-state index contributed by atoms with van der Waals surface area (Å²) in [5.74, 6) is 0.991. The second kappa shape index (κ2) is 9.56. The number of nitrogens with one attached hydrogen (secondary N) is 1. The Hall–Kier alpha value is -2.69. The molecule has 9 nitrogen and oxygen atoms in total. The van der Waals surface area contributed by atoms with Gasteiger partial charge in [0.25, 0.3) is 5.91 Å². The van der Waals surface area contributed by atoms with Crippen LogP contribution in [0.1, 0.15) is 49.4 Å². The number of carbonyl (C=O) groups excluding carboxylic acids is 1. The van der Waals surface area contributed by atoms with Gasteiger partial charge in [-0.2, -0.15) is 4.31 Å². The number of carbonyl (C=O) groups is 1. The van der Waals surface area contributed by atoms with Gasteiger partial charge in [-0.3, -0.25) is 4.79 Å². The zero-order valence-electron chi connectivity index (χ0n) is 21.4. The van der Waals surface area contributed by atoms with Crippen molar-refractivity contribution in [1.29, 1.82) is 0 Å². The van der Waals surface area contributed by atoms with Crippen molar-refractivity contribution in [2.24, 2.45) is 5.41 Å². The van der Waals surface area contributed by atoms with Crippen molar-refractivity contribution >= 4 is 33.3 Å². The summed E-state index contributed by atoms with van der Waals surface area (Å²) in [5.41, 5.74) is 1.64. The van der Waals surface area contributed by atoms with Crippen molar-refractivity contribution in [2.75, 3.05) is 61.0 Å². The summed E-state index contributed by atoms with van der Waals surface area (Å²) in [7, 11) is -3.55. The molecule has 1 amide bonds. The van der Waals surface area contributed by atoms with Crippen LogP contribution < -0.4 is 15.1 Å². The van der Waals surface area contributed by atoms with E-state index in [9.17, 15) is 13.2 Å². The molecule has 1 spiro atoms. The average Bonchev–Trinajstić information content (AvgIpc) is 3.61. The molecule has 4 aliphatic rings. The molecule has 1 aliphatic carbocycles. The van der Waals surface area contributed by atoms with Crippen LogP contribution in [-0.4, -0.2) is 75.6 Å². The van der Waals surface area contributed by atoms with E-state index in [4.69, 9.17) is 4.74 Å². The number of rotatable bonds is 6. The normalized spacial score (nSPS) is 23.5. The lowest BCUT2D eigenvalue weighted by atomic mass is 9.93. The second-order valence-electron chi connectivity index (χ2n) is 10.9. The van der Waals surface area contributed by atoms with E-state index in [0.717, 1.165) is 51.3 Å². The van der Waals surface area contributed by atoms with Crippen molar-refractivity contribution in [3.8, 4) is 0 Å². The van der Waals surface area contributed by atoms with Gasteiger partial charge in [0.2, 0.25) is 10.0 Å². The third-order valence-corrected chi connectivity index (χ3v) is 10.2. The highest BCUT2D eigenvalue weighted by atomic mass is 32.2. The Morgan fingerprint density at radius 3 is 2.49 bits per heavy atom. The number of hydrogen-bond donors (Lipinski definition) is 1. The minimum Gasteiger partial charge on any atom is -0.375 e. The Bertz CT molecular complexity index is 1280. The molecule has 3 aliphatic heterocycles. The molecule has 37 heavy (non-hydrogen) atoms. The molecule has 2 aromatic rings. The number of pyridine rings is 1. The summed E-state index contributed by atoms with van der Waals surface area (Å²) in [6.45, 7) is 6.95. The Balaban J connectivity index is 1.27. The number of benzene rings is 1. The van der Waals surface area contributed by atoms with Gasteiger partial charge in [0.15, 0.2) is 0 Å². The quantitative estimate of drug-likeness (QED) is 0.618. The lowest BCUT2D eigenvalue weighted by Crippen LogP contribution is -2.42. The molecular weight excluding hydrogens is 490 g/mol. The molecule has 1 atom stereocenters. The van der Waals surface area contributed by atoms with Gasteiger partial charge in [-0.25, -0.2) is 13.4 Å². The molecule has 1 aromatic heterocycles.